The van der Waals surface area contributed by atoms with Gasteiger partial charge in [-0.15, -0.1) is 0 Å². The molecular weight excluding hydrogens is 148 g/mol. The van der Waals surface area contributed by atoms with Gasteiger partial charge >= 0.3 is 0 Å². The van der Waals surface area contributed by atoms with E-state index in [2.05, 4.69) is 4.74 Å². The molecule has 0 aliphatic carbocycles. The van der Waals surface area contributed by atoms with E-state index < -0.39 is 39.0 Å². The molecule has 4 nitrogen and oxygen atoms in total. The molecule has 0 bridgehead atoms. The van der Waals surface area contributed by atoms with Crippen molar-refractivity contribution in [2.45, 2.75) is 12.7 Å². The lowest BCUT2D eigenvalue weighted by Crippen LogP contribution is -1.90. The van der Waals surface area contributed by atoms with Crippen LogP contribution in [0.5, 0.6) is 0 Å². The smallest absolute Gasteiger partial charge is 0.0567 e. The quantitative estimate of drug-likeness (QED) is 0.524. The Kier molecular flexibility index (Phi) is 3.61. The molecule has 0 aliphatic heterocycles. The zero-order valence-electron chi connectivity index (χ0n) is 17.7. The number of ether oxygens (including phenoxy) is 1. The van der Waals surface area contributed by atoms with Crippen molar-refractivity contribution in [3.8, 4) is 0 Å². The van der Waals surface area contributed by atoms with Gasteiger partial charge in [0, 0.05) is 38.8 Å². The molecule has 11 heavy (non-hydrogen) atoms. The molecule has 0 rings (SSSR count). The summed E-state index contributed by atoms with van der Waals surface area (Å²) in [5.74, 6) is 0. The van der Waals surface area contributed by atoms with E-state index in [-0.39, 0.29) is 0 Å². The number of hydrogen-bond acceptors (Lipinski definition) is 4. The Balaban J connectivity index is 0. The van der Waals surface area contributed by atoms with E-state index in [4.69, 9.17) is 31.8 Å². The molecule has 70 valence electrons. The summed E-state index contributed by atoms with van der Waals surface area (Å²) in [7, 11) is 0.892. The summed E-state index contributed by atoms with van der Waals surface area (Å²) in [6, 6.07) is 0. The third-order valence-corrected chi connectivity index (χ3v) is 0.321. The van der Waals surface area contributed by atoms with Crippen LogP contribution in [0.4, 0.5) is 0 Å². The van der Waals surface area contributed by atoms with Crippen LogP contribution in [0.25, 0.3) is 0 Å². The third kappa shape index (κ3) is 25.8. The molecule has 0 heterocycles. The van der Waals surface area contributed by atoms with Gasteiger partial charge in [0.15, 0.2) is 0 Å². The van der Waals surface area contributed by atoms with Gasteiger partial charge in [0.2, 0.25) is 0 Å². The van der Waals surface area contributed by atoms with Gasteiger partial charge in [-0.25, -0.2) is 0 Å². The van der Waals surface area contributed by atoms with Gasteiger partial charge in [-0.1, -0.05) is 0 Å². The van der Waals surface area contributed by atoms with Crippen molar-refractivity contribution in [2.75, 3.05) is 33.3 Å². The molecule has 0 fully saturated rings. The van der Waals surface area contributed by atoms with Crippen molar-refractivity contribution >= 4 is 0 Å². The minimum Gasteiger partial charge on any atom is -0.396 e. The van der Waals surface area contributed by atoms with E-state index in [9.17, 15) is 0 Å². The van der Waals surface area contributed by atoms with E-state index >= 15 is 0 Å². The van der Waals surface area contributed by atoms with Crippen molar-refractivity contribution in [3.63, 3.8) is 0 Å². The molecule has 0 unspecified atom stereocenters. The van der Waals surface area contributed by atoms with Crippen LogP contribution < -0.4 is 0 Å². The fourth-order valence-electron chi connectivity index (χ4n) is 0.0989. The lowest BCUT2D eigenvalue weighted by Gasteiger charge is -1.89. The highest BCUT2D eigenvalue weighted by atomic mass is 16.5. The molecule has 0 spiro atoms. The third-order valence-electron chi connectivity index (χ3n) is 0.321. The fourth-order valence-corrected chi connectivity index (χ4v) is 0.0989. The topological polar surface area (TPSA) is 69.9 Å². The zero-order valence-corrected chi connectivity index (χ0v) is 5.75. The fraction of sp³-hybridized carbons (Fsp3) is 1.00. The maximum atomic E-state index is 8.65. The molecule has 0 atom stereocenters. The number of hydrogen-bond donors (Lipinski definition) is 3. The molecule has 4 heteroatoms. The number of aliphatic hydroxyl groups is 3. The zero-order chi connectivity index (χ0) is 19.7. The second kappa shape index (κ2) is 16.4. The van der Waals surface area contributed by atoms with Crippen LogP contribution in [0.2, 0.25) is 0 Å². The summed E-state index contributed by atoms with van der Waals surface area (Å²) in [4.78, 5) is 0. The van der Waals surface area contributed by atoms with E-state index in [1.807, 2.05) is 0 Å². The highest BCUT2D eigenvalue weighted by molar-refractivity contribution is 4.25. The first-order valence-electron chi connectivity index (χ1n) is 8.28. The van der Waals surface area contributed by atoms with Crippen LogP contribution in [0.3, 0.4) is 0 Å². The minimum absolute atomic E-state index is 0.892. The van der Waals surface area contributed by atoms with E-state index in [0.29, 0.717) is 0 Å². The Morgan fingerprint density at radius 3 is 1.64 bits per heavy atom. The van der Waals surface area contributed by atoms with Gasteiger partial charge < -0.3 is 20.1 Å². The van der Waals surface area contributed by atoms with Gasteiger partial charge in [-0.05, 0) is 12.7 Å². The van der Waals surface area contributed by atoms with Gasteiger partial charge in [0.05, 0.1) is 11.0 Å². The van der Waals surface area contributed by atoms with E-state index in [1.165, 1.54) is 0 Å². The first-order chi connectivity index (χ1) is 9.56. The maximum absolute atomic E-state index is 8.65. The molecule has 0 saturated heterocycles. The van der Waals surface area contributed by atoms with Crippen molar-refractivity contribution in [1.29, 1.82) is 0 Å². The van der Waals surface area contributed by atoms with Crippen LogP contribution in [-0.2, 0) is 4.74 Å². The Bertz CT molecular complexity index is 362. The lowest BCUT2D eigenvalue weighted by atomic mass is 10.5. The highest BCUT2D eigenvalue weighted by Gasteiger charge is 1.75. The van der Waals surface area contributed by atoms with Crippen LogP contribution in [0.1, 0.15) is 29.2 Å². The van der Waals surface area contributed by atoms with Crippen LogP contribution in [-0.4, -0.2) is 48.7 Å². The van der Waals surface area contributed by atoms with Crippen LogP contribution in [0, 0.1) is 0 Å². The second-order valence-corrected chi connectivity index (χ2v) is 0.892. The number of rotatable bonds is 5. The van der Waals surface area contributed by atoms with E-state index in [0.717, 1.165) is 7.11 Å². The SMILES string of the molecule is [2H]C([2H])(O)C([2H])([2H])C([2H])([2H])O.[2H]C([2H])(O)C([2H])([2H])C([2H])([2H])OC. The Morgan fingerprint density at radius 1 is 1.09 bits per heavy atom. The Hall–Kier alpha value is -0.160. The van der Waals surface area contributed by atoms with Gasteiger partial charge in [-0.3, -0.25) is 0 Å². The second-order valence-electron chi connectivity index (χ2n) is 0.892. The summed E-state index contributed by atoms with van der Waals surface area (Å²) in [6.45, 7) is -13.0. The molecule has 0 aromatic rings. The highest BCUT2D eigenvalue weighted by Crippen LogP contribution is 1.72. The first kappa shape index (κ1) is 2.42. The minimum atomic E-state index is -3.41. The molecule has 0 aromatic heterocycles. The summed E-state index contributed by atoms with van der Waals surface area (Å²) in [5.41, 5.74) is 0. The Morgan fingerprint density at radius 2 is 1.55 bits per heavy atom. The summed E-state index contributed by atoms with van der Waals surface area (Å²) in [6.07, 6.45) is -6.46. The van der Waals surface area contributed by atoms with Gasteiger partial charge in [0.1, 0.15) is 0 Å². The van der Waals surface area contributed by atoms with Crippen molar-refractivity contribution in [3.05, 3.63) is 0 Å². The van der Waals surface area contributed by atoms with Crippen molar-refractivity contribution in [1.82, 2.24) is 0 Å². The molecule has 0 amide bonds. The molecule has 0 aromatic carbocycles. The summed E-state index contributed by atoms with van der Waals surface area (Å²) in [5, 5.41) is 25.5. The summed E-state index contributed by atoms with van der Waals surface area (Å²) >= 11 is 0. The van der Waals surface area contributed by atoms with E-state index in [1.54, 1.807) is 0 Å². The number of methoxy groups -OCH3 is 1. The standard InChI is InChI=1S/C4H10O2.C3H8O2/c1-6-4-2-3-5;4-2-1-3-5/h5H,2-4H2,1H3;4-5H,1-3H2/i2D2,3D2,4D2;1D2,2D2,3D2. The van der Waals surface area contributed by atoms with Crippen molar-refractivity contribution in [2.24, 2.45) is 0 Å². The van der Waals surface area contributed by atoms with Crippen LogP contribution in [0.15, 0.2) is 0 Å². The lowest BCUT2D eigenvalue weighted by molar-refractivity contribution is 0.166. The predicted octanol–water partition coefficient (Wildman–Crippen LogP) is -0.624. The summed E-state index contributed by atoms with van der Waals surface area (Å²) < 4.78 is 84.0. The predicted molar refractivity (Wildman–Crippen MR) is 42.4 cm³/mol. The average molecular weight is 178 g/mol. The first-order valence-corrected chi connectivity index (χ1v) is 2.28. The largest absolute Gasteiger partial charge is 0.396 e. The van der Waals surface area contributed by atoms with Gasteiger partial charge in [-0.2, -0.15) is 0 Å². The van der Waals surface area contributed by atoms with Crippen molar-refractivity contribution < 1.29 is 36.5 Å². The molecular formula is C7H18O4. The molecule has 0 saturated carbocycles. The normalized spacial score (nSPS) is 32.7. The van der Waals surface area contributed by atoms with Crippen LogP contribution >= 0.6 is 0 Å². The average Bonchev–Trinajstić information content (AvgIpc) is 2.25. The molecule has 0 radical (unpaired) electrons. The van der Waals surface area contributed by atoms with Gasteiger partial charge in [0.25, 0.3) is 0 Å². The monoisotopic (exact) mass is 178 g/mol. The Labute approximate surface area is 84.3 Å². The molecule has 0 aliphatic rings. The molecule has 3 N–H and O–H groups in total. The maximum Gasteiger partial charge on any atom is 0.0567 e.